The summed E-state index contributed by atoms with van der Waals surface area (Å²) in [5.41, 5.74) is 1.23. The molecule has 3 N–H and O–H groups in total. The van der Waals surface area contributed by atoms with Gasteiger partial charge >= 0.3 is 0 Å². The van der Waals surface area contributed by atoms with E-state index in [0.717, 1.165) is 6.42 Å². The standard InChI is InChI=1S/C17H17ClN2O3S/c1-2-9-20-17(22)12-5-3-11(4-6-12)16(21)13-7-8-14(18)15(10-13)24(19)23/h3-8,10H,2,9,19H2,1H3,(H,20,22). The van der Waals surface area contributed by atoms with Gasteiger partial charge in [-0.2, -0.15) is 0 Å². The first kappa shape index (κ1) is 18.3. The topological polar surface area (TPSA) is 89.3 Å². The van der Waals surface area contributed by atoms with Gasteiger partial charge in [0.25, 0.3) is 5.91 Å². The van der Waals surface area contributed by atoms with E-state index in [0.29, 0.717) is 23.2 Å². The summed E-state index contributed by atoms with van der Waals surface area (Å²) in [5.74, 6) is -0.443. The van der Waals surface area contributed by atoms with Gasteiger partial charge in [-0.3, -0.25) is 9.59 Å². The molecule has 0 radical (unpaired) electrons. The summed E-state index contributed by atoms with van der Waals surface area (Å²) in [6.45, 7) is 2.57. The van der Waals surface area contributed by atoms with Crippen molar-refractivity contribution in [3.05, 3.63) is 64.2 Å². The molecule has 0 spiro atoms. The van der Waals surface area contributed by atoms with Gasteiger partial charge in [-0.05, 0) is 36.8 Å². The first-order valence-electron chi connectivity index (χ1n) is 7.32. The van der Waals surface area contributed by atoms with Gasteiger partial charge in [0.2, 0.25) is 0 Å². The van der Waals surface area contributed by atoms with Crippen LogP contribution in [0.25, 0.3) is 0 Å². The van der Waals surface area contributed by atoms with Crippen LogP contribution in [0.3, 0.4) is 0 Å². The molecule has 0 aliphatic heterocycles. The maximum absolute atomic E-state index is 12.5. The Bertz CT molecular complexity index is 791. The number of rotatable bonds is 6. The van der Waals surface area contributed by atoms with E-state index in [2.05, 4.69) is 5.32 Å². The highest BCUT2D eigenvalue weighted by atomic mass is 35.5. The van der Waals surface area contributed by atoms with Crippen molar-refractivity contribution in [1.82, 2.24) is 5.32 Å². The van der Waals surface area contributed by atoms with E-state index >= 15 is 0 Å². The van der Waals surface area contributed by atoms with Crippen molar-refractivity contribution in [1.29, 1.82) is 0 Å². The number of amides is 1. The van der Waals surface area contributed by atoms with E-state index in [1.165, 1.54) is 12.1 Å². The molecule has 7 heteroatoms. The lowest BCUT2D eigenvalue weighted by Gasteiger charge is -2.07. The van der Waals surface area contributed by atoms with Gasteiger partial charge in [0.1, 0.15) is 11.0 Å². The summed E-state index contributed by atoms with van der Waals surface area (Å²) < 4.78 is 11.4. The average Bonchev–Trinajstić information content (AvgIpc) is 2.59. The second-order valence-corrected chi connectivity index (χ2v) is 6.55. The minimum atomic E-state index is -1.77. The van der Waals surface area contributed by atoms with Crippen LogP contribution < -0.4 is 10.5 Å². The van der Waals surface area contributed by atoms with E-state index < -0.39 is 11.0 Å². The largest absolute Gasteiger partial charge is 0.352 e. The minimum Gasteiger partial charge on any atom is -0.352 e. The van der Waals surface area contributed by atoms with Crippen LogP contribution in [0.2, 0.25) is 5.02 Å². The van der Waals surface area contributed by atoms with Crippen LogP contribution in [0.15, 0.2) is 47.4 Å². The lowest BCUT2D eigenvalue weighted by Crippen LogP contribution is -2.23. The second kappa shape index (κ2) is 8.19. The van der Waals surface area contributed by atoms with Crippen molar-refractivity contribution in [2.45, 2.75) is 18.2 Å². The van der Waals surface area contributed by atoms with Gasteiger partial charge in [0, 0.05) is 23.2 Å². The van der Waals surface area contributed by atoms with E-state index in [1.54, 1.807) is 30.3 Å². The molecule has 1 atom stereocenters. The summed E-state index contributed by atoms with van der Waals surface area (Å²) in [4.78, 5) is 24.6. The first-order valence-corrected chi connectivity index (χ1v) is 8.91. The highest BCUT2D eigenvalue weighted by molar-refractivity contribution is 7.82. The van der Waals surface area contributed by atoms with Gasteiger partial charge in [-0.15, -0.1) is 0 Å². The Hall–Kier alpha value is -2.02. The quantitative estimate of drug-likeness (QED) is 0.772. The number of halogens is 1. The van der Waals surface area contributed by atoms with Crippen molar-refractivity contribution in [3.63, 3.8) is 0 Å². The highest BCUT2D eigenvalue weighted by Crippen LogP contribution is 2.21. The Morgan fingerprint density at radius 1 is 1.08 bits per heavy atom. The fraction of sp³-hybridized carbons (Fsp3) is 0.176. The van der Waals surface area contributed by atoms with Crippen LogP contribution in [0.4, 0.5) is 0 Å². The van der Waals surface area contributed by atoms with E-state index in [9.17, 15) is 13.8 Å². The molecule has 5 nitrogen and oxygen atoms in total. The molecule has 0 aliphatic rings. The molecule has 1 amide bonds. The maximum atomic E-state index is 12.5. The Kier molecular flexibility index (Phi) is 6.25. The molecule has 2 aromatic rings. The Labute approximate surface area is 147 Å². The normalized spacial score (nSPS) is 11.8. The van der Waals surface area contributed by atoms with Crippen LogP contribution in [0, 0.1) is 0 Å². The van der Waals surface area contributed by atoms with Crippen LogP contribution in [-0.4, -0.2) is 22.4 Å². The maximum Gasteiger partial charge on any atom is 0.251 e. The Morgan fingerprint density at radius 2 is 1.67 bits per heavy atom. The molecule has 24 heavy (non-hydrogen) atoms. The lowest BCUT2D eigenvalue weighted by molar-refractivity contribution is 0.0952. The smallest absolute Gasteiger partial charge is 0.251 e. The molecule has 0 saturated heterocycles. The van der Waals surface area contributed by atoms with Crippen molar-refractivity contribution >= 4 is 34.3 Å². The summed E-state index contributed by atoms with van der Waals surface area (Å²) in [7, 11) is -1.77. The molecule has 0 bridgehead atoms. The zero-order valence-corrected chi connectivity index (χ0v) is 14.6. The van der Waals surface area contributed by atoms with Gasteiger partial charge in [0.15, 0.2) is 5.78 Å². The molecule has 1 unspecified atom stereocenters. The van der Waals surface area contributed by atoms with Crippen molar-refractivity contribution in [2.75, 3.05) is 6.54 Å². The SMILES string of the molecule is CCCNC(=O)c1ccc(C(=O)c2ccc(Cl)c(S(N)=O)c2)cc1. The average molecular weight is 365 g/mol. The second-order valence-electron chi connectivity index (χ2n) is 5.10. The molecule has 0 aromatic heterocycles. The van der Waals surface area contributed by atoms with Crippen LogP contribution in [0.1, 0.15) is 39.6 Å². The molecule has 126 valence electrons. The number of hydrogen-bond donors (Lipinski definition) is 2. The van der Waals surface area contributed by atoms with E-state index in [4.69, 9.17) is 16.7 Å². The molecule has 0 heterocycles. The van der Waals surface area contributed by atoms with Crippen LogP contribution in [0.5, 0.6) is 0 Å². The number of nitrogens with two attached hydrogens (primary N) is 1. The monoisotopic (exact) mass is 364 g/mol. The third kappa shape index (κ3) is 4.29. The summed E-state index contributed by atoms with van der Waals surface area (Å²) >= 11 is 5.91. The highest BCUT2D eigenvalue weighted by Gasteiger charge is 2.14. The van der Waals surface area contributed by atoms with Gasteiger partial charge in [-0.25, -0.2) is 9.35 Å². The fourth-order valence-corrected chi connectivity index (χ4v) is 2.93. The van der Waals surface area contributed by atoms with Crippen molar-refractivity contribution in [2.24, 2.45) is 5.14 Å². The molecule has 0 fully saturated rings. The molecular formula is C17H17ClN2O3S. The van der Waals surface area contributed by atoms with Crippen LogP contribution >= 0.6 is 11.6 Å². The number of benzene rings is 2. The Morgan fingerprint density at radius 3 is 2.25 bits per heavy atom. The predicted molar refractivity (Wildman–Crippen MR) is 94.5 cm³/mol. The molecule has 0 saturated carbocycles. The number of nitrogens with one attached hydrogen (secondary N) is 1. The van der Waals surface area contributed by atoms with Gasteiger partial charge in [-0.1, -0.05) is 30.7 Å². The third-order valence-electron chi connectivity index (χ3n) is 3.35. The molecular weight excluding hydrogens is 348 g/mol. The molecule has 0 aliphatic carbocycles. The van der Waals surface area contributed by atoms with Crippen molar-refractivity contribution in [3.8, 4) is 0 Å². The lowest BCUT2D eigenvalue weighted by atomic mass is 10.0. The minimum absolute atomic E-state index is 0.178. The number of ketones is 1. The zero-order chi connectivity index (χ0) is 17.7. The number of carbonyl (C=O) groups is 2. The van der Waals surface area contributed by atoms with Gasteiger partial charge in [0.05, 0.1) is 9.92 Å². The van der Waals surface area contributed by atoms with Crippen LogP contribution in [-0.2, 0) is 11.0 Å². The number of carbonyl (C=O) groups excluding carboxylic acids is 2. The molecule has 2 aromatic carbocycles. The third-order valence-corrected chi connectivity index (χ3v) is 4.57. The molecule has 2 rings (SSSR count). The van der Waals surface area contributed by atoms with E-state index in [1.807, 2.05) is 6.92 Å². The zero-order valence-electron chi connectivity index (χ0n) is 13.0. The Balaban J connectivity index is 2.23. The van der Waals surface area contributed by atoms with Gasteiger partial charge < -0.3 is 5.32 Å². The first-order chi connectivity index (χ1) is 11.4. The van der Waals surface area contributed by atoms with E-state index in [-0.39, 0.29) is 21.6 Å². The summed E-state index contributed by atoms with van der Waals surface area (Å²) in [6.07, 6.45) is 0.851. The predicted octanol–water partition coefficient (Wildman–Crippen LogP) is 2.69. The van der Waals surface area contributed by atoms with Crippen molar-refractivity contribution < 1.29 is 13.8 Å². The fourth-order valence-electron chi connectivity index (χ4n) is 2.08. The number of hydrogen-bond acceptors (Lipinski definition) is 3. The summed E-state index contributed by atoms with van der Waals surface area (Å²) in [6, 6.07) is 10.8. The summed E-state index contributed by atoms with van der Waals surface area (Å²) in [5, 5.41) is 8.36.